The molecule has 0 radical (unpaired) electrons. The van der Waals surface area contributed by atoms with Crippen molar-refractivity contribution >= 4 is 38.8 Å². The highest BCUT2D eigenvalue weighted by molar-refractivity contribution is 8.14. The molecule has 3 aliphatic rings. The molecule has 0 unspecified atom stereocenters. The van der Waals surface area contributed by atoms with Crippen LogP contribution in [0.1, 0.15) is 24.5 Å². The maximum absolute atomic E-state index is 13.1. The van der Waals surface area contributed by atoms with E-state index < -0.39 is 16.1 Å². The van der Waals surface area contributed by atoms with Gasteiger partial charge in [-0.15, -0.1) is 0 Å². The standard InChI is InChI=1S/C21H28N4O5S2/c1-15(20(27)22-7-8-25-19(26)14-31-21(25)28)23-9-11-24(12-10-23)32(29,30)18-6-5-16-3-2-4-17(16)13-18/h5-6,13,15H,2-4,7-12,14H2,1H3,(H,22,27)/t15-/m0/s1. The van der Waals surface area contributed by atoms with E-state index in [1.54, 1.807) is 13.0 Å². The van der Waals surface area contributed by atoms with Gasteiger partial charge in [-0.05, 0) is 49.4 Å². The quantitative estimate of drug-likeness (QED) is 0.612. The predicted molar refractivity (Wildman–Crippen MR) is 121 cm³/mol. The van der Waals surface area contributed by atoms with E-state index in [2.05, 4.69) is 5.32 Å². The van der Waals surface area contributed by atoms with Crippen LogP contribution >= 0.6 is 11.8 Å². The molecule has 2 saturated heterocycles. The van der Waals surface area contributed by atoms with Crippen molar-refractivity contribution in [2.75, 3.05) is 45.0 Å². The number of benzene rings is 1. The SMILES string of the molecule is C[C@@H](C(=O)NCCN1C(=O)CSC1=O)N1CCN(S(=O)(=O)c2ccc3c(c2)CCC3)CC1. The highest BCUT2D eigenvalue weighted by Gasteiger charge is 2.33. The van der Waals surface area contributed by atoms with Crippen LogP contribution in [0, 0.1) is 0 Å². The normalized spacial score (nSPS) is 21.1. The molecule has 0 saturated carbocycles. The Morgan fingerprint density at radius 2 is 1.84 bits per heavy atom. The molecule has 3 amide bonds. The highest BCUT2D eigenvalue weighted by Crippen LogP contribution is 2.27. The van der Waals surface area contributed by atoms with Gasteiger partial charge in [0.15, 0.2) is 0 Å². The van der Waals surface area contributed by atoms with Gasteiger partial charge in [0.25, 0.3) is 5.24 Å². The molecule has 1 atom stereocenters. The summed E-state index contributed by atoms with van der Waals surface area (Å²) < 4.78 is 27.7. The van der Waals surface area contributed by atoms with E-state index in [1.165, 1.54) is 9.87 Å². The zero-order valence-electron chi connectivity index (χ0n) is 18.1. The molecule has 1 aromatic carbocycles. The van der Waals surface area contributed by atoms with E-state index in [0.29, 0.717) is 31.1 Å². The molecule has 2 aliphatic heterocycles. The lowest BCUT2D eigenvalue weighted by Crippen LogP contribution is -2.55. The maximum atomic E-state index is 13.1. The van der Waals surface area contributed by atoms with Crippen LogP contribution in [-0.2, 0) is 32.5 Å². The molecule has 0 aromatic heterocycles. The zero-order chi connectivity index (χ0) is 22.9. The van der Waals surface area contributed by atoms with E-state index in [1.807, 2.05) is 17.0 Å². The molecule has 0 bridgehead atoms. The number of fused-ring (bicyclic) bond motifs is 1. The lowest BCUT2D eigenvalue weighted by Gasteiger charge is -2.36. The van der Waals surface area contributed by atoms with E-state index >= 15 is 0 Å². The fraction of sp³-hybridized carbons (Fsp3) is 0.571. The maximum Gasteiger partial charge on any atom is 0.288 e. The molecule has 1 N–H and O–H groups in total. The Morgan fingerprint density at radius 1 is 1.12 bits per heavy atom. The van der Waals surface area contributed by atoms with E-state index in [4.69, 9.17) is 0 Å². The average Bonchev–Trinajstić information content (AvgIpc) is 3.39. The Morgan fingerprint density at radius 3 is 2.53 bits per heavy atom. The number of nitrogens with zero attached hydrogens (tertiary/aromatic N) is 3. The summed E-state index contributed by atoms with van der Waals surface area (Å²) in [6.45, 7) is 3.71. The number of amides is 3. The summed E-state index contributed by atoms with van der Waals surface area (Å²) >= 11 is 0.970. The summed E-state index contributed by atoms with van der Waals surface area (Å²) in [5, 5.41) is 2.49. The van der Waals surface area contributed by atoms with Gasteiger partial charge in [0.1, 0.15) is 0 Å². The van der Waals surface area contributed by atoms with Crippen molar-refractivity contribution in [1.29, 1.82) is 0 Å². The Hall–Kier alpha value is -1.95. The number of aryl methyl sites for hydroxylation is 2. The lowest BCUT2D eigenvalue weighted by molar-refractivity contribution is -0.128. The van der Waals surface area contributed by atoms with E-state index in [-0.39, 0.29) is 35.9 Å². The monoisotopic (exact) mass is 480 g/mol. The number of thioether (sulfide) groups is 1. The lowest BCUT2D eigenvalue weighted by atomic mass is 10.1. The van der Waals surface area contributed by atoms with Crippen LogP contribution < -0.4 is 5.32 Å². The number of nitrogens with one attached hydrogen (secondary N) is 1. The largest absolute Gasteiger partial charge is 0.353 e. The van der Waals surface area contributed by atoms with Crippen LogP contribution in [0.15, 0.2) is 23.1 Å². The Labute approximate surface area is 192 Å². The minimum Gasteiger partial charge on any atom is -0.353 e. The van der Waals surface area contributed by atoms with Crippen LogP contribution in [0.5, 0.6) is 0 Å². The van der Waals surface area contributed by atoms with Crippen molar-refractivity contribution in [1.82, 2.24) is 19.4 Å². The minimum absolute atomic E-state index is 0.155. The van der Waals surface area contributed by atoms with Gasteiger partial charge < -0.3 is 5.32 Å². The van der Waals surface area contributed by atoms with Gasteiger partial charge >= 0.3 is 0 Å². The molecule has 2 heterocycles. The second kappa shape index (κ2) is 9.50. The fourth-order valence-corrected chi connectivity index (χ4v) is 6.62. The number of imide groups is 1. The van der Waals surface area contributed by atoms with E-state index in [0.717, 1.165) is 41.5 Å². The third-order valence-electron chi connectivity index (χ3n) is 6.38. The highest BCUT2D eigenvalue weighted by atomic mass is 32.2. The molecule has 0 spiro atoms. The molecule has 1 aliphatic carbocycles. The van der Waals surface area contributed by atoms with Gasteiger partial charge in [0.2, 0.25) is 21.8 Å². The second-order valence-corrected chi connectivity index (χ2v) is 11.2. The van der Waals surface area contributed by atoms with Crippen LogP contribution in [-0.4, -0.2) is 90.6 Å². The summed E-state index contributed by atoms with van der Waals surface area (Å²) in [5.41, 5.74) is 2.37. The van der Waals surface area contributed by atoms with Crippen molar-refractivity contribution < 1.29 is 22.8 Å². The summed E-state index contributed by atoms with van der Waals surface area (Å²) in [4.78, 5) is 39.2. The smallest absolute Gasteiger partial charge is 0.288 e. The Kier molecular flexibility index (Phi) is 6.89. The molecule has 174 valence electrons. The molecule has 11 heteroatoms. The number of carbonyl (C=O) groups excluding carboxylic acids is 3. The van der Waals surface area contributed by atoms with Gasteiger partial charge in [-0.25, -0.2) is 8.42 Å². The fourth-order valence-electron chi connectivity index (χ4n) is 4.39. The molecule has 1 aromatic rings. The topological polar surface area (TPSA) is 107 Å². The summed E-state index contributed by atoms with van der Waals surface area (Å²) in [7, 11) is -3.55. The number of sulfonamides is 1. The van der Waals surface area contributed by atoms with Crippen molar-refractivity contribution in [3.8, 4) is 0 Å². The molecular weight excluding hydrogens is 452 g/mol. The Bertz CT molecular complexity index is 1010. The van der Waals surface area contributed by atoms with Crippen molar-refractivity contribution in [3.63, 3.8) is 0 Å². The van der Waals surface area contributed by atoms with Crippen LogP contribution in [0.3, 0.4) is 0 Å². The van der Waals surface area contributed by atoms with Crippen LogP contribution in [0.25, 0.3) is 0 Å². The van der Waals surface area contributed by atoms with Gasteiger partial charge in [0.05, 0.1) is 16.7 Å². The molecular formula is C21H28N4O5S2. The van der Waals surface area contributed by atoms with Crippen LogP contribution in [0.2, 0.25) is 0 Å². The molecule has 32 heavy (non-hydrogen) atoms. The first kappa shape index (κ1) is 23.2. The second-order valence-electron chi connectivity index (χ2n) is 8.29. The predicted octanol–water partition coefficient (Wildman–Crippen LogP) is 0.682. The minimum atomic E-state index is -3.55. The number of rotatable bonds is 7. The van der Waals surface area contributed by atoms with Gasteiger partial charge in [-0.1, -0.05) is 17.8 Å². The first-order valence-corrected chi connectivity index (χ1v) is 13.3. The van der Waals surface area contributed by atoms with Crippen LogP contribution in [0.4, 0.5) is 4.79 Å². The third-order valence-corrected chi connectivity index (χ3v) is 9.14. The average molecular weight is 481 g/mol. The van der Waals surface area contributed by atoms with Crippen molar-refractivity contribution in [2.24, 2.45) is 0 Å². The molecule has 2 fully saturated rings. The molecule has 4 rings (SSSR count). The molecule has 9 nitrogen and oxygen atoms in total. The van der Waals surface area contributed by atoms with Crippen molar-refractivity contribution in [2.45, 2.75) is 37.1 Å². The number of piperazine rings is 1. The summed E-state index contributed by atoms with van der Waals surface area (Å²) in [6, 6.07) is 5.02. The first-order chi connectivity index (χ1) is 15.3. The number of carbonyl (C=O) groups is 3. The summed E-state index contributed by atoms with van der Waals surface area (Å²) in [6.07, 6.45) is 3.01. The third kappa shape index (κ3) is 4.70. The zero-order valence-corrected chi connectivity index (χ0v) is 19.7. The number of hydrogen-bond acceptors (Lipinski definition) is 7. The van der Waals surface area contributed by atoms with Gasteiger partial charge in [-0.2, -0.15) is 4.31 Å². The summed E-state index contributed by atoms with van der Waals surface area (Å²) in [5.74, 6) is -0.281. The van der Waals surface area contributed by atoms with E-state index in [9.17, 15) is 22.8 Å². The number of hydrogen-bond donors (Lipinski definition) is 1. The van der Waals surface area contributed by atoms with Gasteiger partial charge in [0, 0.05) is 39.3 Å². The van der Waals surface area contributed by atoms with Crippen molar-refractivity contribution in [3.05, 3.63) is 29.3 Å². The first-order valence-electron chi connectivity index (χ1n) is 10.9. The Balaban J connectivity index is 1.27. The van der Waals surface area contributed by atoms with Gasteiger partial charge in [-0.3, -0.25) is 24.2 Å².